The molecule has 0 unspecified atom stereocenters. The minimum Gasteiger partial charge on any atom is -0.481 e. The molecule has 2 rings (SSSR count). The molecule has 2 heterocycles. The Kier molecular flexibility index (Phi) is 7.89. The number of pyridine rings is 1. The molecule has 0 saturated carbocycles. The lowest BCUT2D eigenvalue weighted by Crippen LogP contribution is -2.29. The second kappa shape index (κ2) is 9.65. The number of rotatable bonds is 5. The van der Waals surface area contributed by atoms with Crippen molar-refractivity contribution in [3.63, 3.8) is 0 Å². The van der Waals surface area contributed by atoms with Gasteiger partial charge in [-0.2, -0.15) is 0 Å². The number of amides is 1. The number of carboxylic acid groups (broad SMARTS) is 1. The summed E-state index contributed by atoms with van der Waals surface area (Å²) in [7, 11) is 1.79. The first kappa shape index (κ1) is 21.3. The number of aromatic nitrogens is 4. The van der Waals surface area contributed by atoms with Crippen LogP contribution in [0.5, 0.6) is 0 Å². The van der Waals surface area contributed by atoms with Crippen LogP contribution in [0.25, 0.3) is 0 Å². The Morgan fingerprint density at radius 1 is 1.23 bits per heavy atom. The molecule has 1 amide bonds. The Bertz CT molecular complexity index is 731. The van der Waals surface area contributed by atoms with E-state index in [-0.39, 0.29) is 11.9 Å². The highest BCUT2D eigenvalue weighted by atomic mass is 16.4. The number of carboxylic acids is 1. The van der Waals surface area contributed by atoms with Crippen LogP contribution in [-0.2, 0) is 22.6 Å². The highest BCUT2D eigenvalue weighted by Gasteiger charge is 2.15. The number of hydrogen-bond acceptors (Lipinski definition) is 5. The topological polar surface area (TPSA) is 101 Å². The molecular formula is C18H27N5O3. The summed E-state index contributed by atoms with van der Waals surface area (Å²) in [4.78, 5) is 27.4. The lowest BCUT2D eigenvalue weighted by molar-refractivity contribution is -0.134. The average molecular weight is 361 g/mol. The lowest BCUT2D eigenvalue weighted by atomic mass is 10.1. The molecule has 0 saturated heterocycles. The molecule has 0 spiro atoms. The third-order valence-corrected chi connectivity index (χ3v) is 3.50. The summed E-state index contributed by atoms with van der Waals surface area (Å²) < 4.78 is 1.98. The molecule has 0 aliphatic rings. The fourth-order valence-corrected chi connectivity index (χ4v) is 2.44. The molecule has 8 nitrogen and oxygen atoms in total. The third-order valence-electron chi connectivity index (χ3n) is 3.50. The lowest BCUT2D eigenvalue weighted by Gasteiger charge is -2.18. The maximum Gasteiger partial charge on any atom is 0.300 e. The monoisotopic (exact) mass is 361 g/mol. The van der Waals surface area contributed by atoms with Crippen molar-refractivity contribution in [3.8, 4) is 0 Å². The summed E-state index contributed by atoms with van der Waals surface area (Å²) in [5, 5.41) is 15.5. The zero-order chi connectivity index (χ0) is 19.9. The first-order valence-electron chi connectivity index (χ1n) is 8.36. The fourth-order valence-electron chi connectivity index (χ4n) is 2.44. The summed E-state index contributed by atoms with van der Waals surface area (Å²) in [6.07, 6.45) is 2.07. The van der Waals surface area contributed by atoms with Gasteiger partial charge in [0.05, 0.1) is 13.0 Å². The van der Waals surface area contributed by atoms with Crippen LogP contribution in [0.15, 0.2) is 18.5 Å². The van der Waals surface area contributed by atoms with Gasteiger partial charge < -0.3 is 14.6 Å². The first-order chi connectivity index (χ1) is 12.1. The smallest absolute Gasteiger partial charge is 0.300 e. The number of aliphatic carboxylic acids is 1. The molecule has 2 aromatic rings. The molecular weight excluding hydrogens is 334 g/mol. The summed E-state index contributed by atoms with van der Waals surface area (Å²) in [6, 6.07) is 4.18. The Balaban J connectivity index is 0.000000765. The SMILES string of the molecule is CC(=O)O.Cc1cc(CC(=O)N(C)Cc2nncn2C(C)C)cc(C)n1. The van der Waals surface area contributed by atoms with Crippen LogP contribution in [0.4, 0.5) is 0 Å². The van der Waals surface area contributed by atoms with Gasteiger partial charge in [-0.1, -0.05) is 0 Å². The van der Waals surface area contributed by atoms with Crippen molar-refractivity contribution >= 4 is 11.9 Å². The molecule has 0 radical (unpaired) electrons. The number of likely N-dealkylation sites (N-methyl/N-ethyl adjacent to an activating group) is 1. The molecule has 142 valence electrons. The predicted octanol–water partition coefficient (Wildman–Crippen LogP) is 2.16. The van der Waals surface area contributed by atoms with Crippen molar-refractivity contribution in [2.24, 2.45) is 0 Å². The summed E-state index contributed by atoms with van der Waals surface area (Å²) in [5.41, 5.74) is 2.86. The zero-order valence-corrected chi connectivity index (χ0v) is 16.2. The van der Waals surface area contributed by atoms with E-state index in [4.69, 9.17) is 9.90 Å². The summed E-state index contributed by atoms with van der Waals surface area (Å²) in [5.74, 6) is 0.0243. The molecule has 0 aromatic carbocycles. The van der Waals surface area contributed by atoms with Gasteiger partial charge in [0, 0.05) is 31.4 Å². The normalized spacial score (nSPS) is 10.3. The Morgan fingerprint density at radius 3 is 2.27 bits per heavy atom. The second-order valence-corrected chi connectivity index (χ2v) is 6.45. The average Bonchev–Trinajstić information content (AvgIpc) is 2.93. The summed E-state index contributed by atoms with van der Waals surface area (Å²) >= 11 is 0. The van der Waals surface area contributed by atoms with E-state index in [9.17, 15) is 4.79 Å². The maximum absolute atomic E-state index is 12.4. The van der Waals surface area contributed by atoms with Crippen LogP contribution in [0.1, 0.15) is 49.6 Å². The Morgan fingerprint density at radius 2 is 1.77 bits per heavy atom. The van der Waals surface area contributed by atoms with E-state index in [0.29, 0.717) is 13.0 Å². The number of nitrogens with zero attached hydrogens (tertiary/aromatic N) is 5. The van der Waals surface area contributed by atoms with Crippen molar-refractivity contribution in [2.45, 2.75) is 53.6 Å². The molecule has 1 N–H and O–H groups in total. The van der Waals surface area contributed by atoms with Crippen LogP contribution in [0.2, 0.25) is 0 Å². The molecule has 0 aliphatic carbocycles. The molecule has 0 atom stereocenters. The Hall–Kier alpha value is -2.77. The van der Waals surface area contributed by atoms with Crippen LogP contribution < -0.4 is 0 Å². The van der Waals surface area contributed by atoms with E-state index in [1.54, 1.807) is 18.3 Å². The van der Waals surface area contributed by atoms with Crippen LogP contribution >= 0.6 is 0 Å². The van der Waals surface area contributed by atoms with E-state index in [0.717, 1.165) is 29.7 Å². The fraction of sp³-hybridized carbons (Fsp3) is 0.500. The first-order valence-corrected chi connectivity index (χ1v) is 8.36. The molecule has 0 fully saturated rings. The zero-order valence-electron chi connectivity index (χ0n) is 16.2. The van der Waals surface area contributed by atoms with Crippen LogP contribution in [0.3, 0.4) is 0 Å². The van der Waals surface area contributed by atoms with E-state index in [1.165, 1.54) is 0 Å². The predicted molar refractivity (Wildman–Crippen MR) is 97.6 cm³/mol. The van der Waals surface area contributed by atoms with Gasteiger partial charge >= 0.3 is 0 Å². The highest BCUT2D eigenvalue weighted by Crippen LogP contribution is 2.11. The van der Waals surface area contributed by atoms with Crippen molar-refractivity contribution in [2.75, 3.05) is 7.05 Å². The maximum atomic E-state index is 12.4. The van der Waals surface area contributed by atoms with Gasteiger partial charge in [-0.3, -0.25) is 14.6 Å². The molecule has 26 heavy (non-hydrogen) atoms. The minimum absolute atomic E-state index is 0.0586. The van der Waals surface area contributed by atoms with Gasteiger partial charge in [-0.15, -0.1) is 10.2 Å². The summed E-state index contributed by atoms with van der Waals surface area (Å²) in [6.45, 7) is 9.56. The largest absolute Gasteiger partial charge is 0.481 e. The molecule has 8 heteroatoms. The highest BCUT2D eigenvalue weighted by molar-refractivity contribution is 5.78. The van der Waals surface area contributed by atoms with E-state index >= 15 is 0 Å². The number of carbonyl (C=O) groups excluding carboxylic acids is 1. The van der Waals surface area contributed by atoms with Crippen LogP contribution in [-0.4, -0.2) is 48.7 Å². The number of aryl methyl sites for hydroxylation is 2. The molecule has 2 aromatic heterocycles. The van der Waals surface area contributed by atoms with Crippen molar-refractivity contribution in [1.29, 1.82) is 0 Å². The van der Waals surface area contributed by atoms with Gasteiger partial charge in [-0.25, -0.2) is 0 Å². The van der Waals surface area contributed by atoms with Crippen molar-refractivity contribution in [1.82, 2.24) is 24.6 Å². The van der Waals surface area contributed by atoms with Gasteiger partial charge in [-0.05, 0) is 45.4 Å². The van der Waals surface area contributed by atoms with Crippen molar-refractivity contribution < 1.29 is 14.7 Å². The van der Waals surface area contributed by atoms with E-state index < -0.39 is 5.97 Å². The quantitative estimate of drug-likeness (QED) is 0.876. The van der Waals surface area contributed by atoms with E-state index in [1.807, 2.05) is 30.5 Å². The van der Waals surface area contributed by atoms with E-state index in [2.05, 4.69) is 29.0 Å². The third kappa shape index (κ3) is 7.00. The number of hydrogen-bond donors (Lipinski definition) is 1. The van der Waals surface area contributed by atoms with Crippen molar-refractivity contribution in [3.05, 3.63) is 41.2 Å². The van der Waals surface area contributed by atoms with Gasteiger partial charge in [0.1, 0.15) is 6.33 Å². The Labute approximate surface area is 153 Å². The standard InChI is InChI=1S/C16H23N5O.C2H4O2/c1-11(2)21-10-17-19-15(21)9-20(5)16(22)8-14-6-12(3)18-13(4)7-14;1-2(3)4/h6-7,10-11H,8-9H2,1-5H3;1H3,(H,3,4). The van der Waals surface area contributed by atoms with Crippen LogP contribution in [0, 0.1) is 13.8 Å². The minimum atomic E-state index is -0.833. The van der Waals surface area contributed by atoms with Gasteiger partial charge in [0.15, 0.2) is 5.82 Å². The number of carbonyl (C=O) groups is 2. The van der Waals surface area contributed by atoms with Gasteiger partial charge in [0.25, 0.3) is 5.97 Å². The second-order valence-electron chi connectivity index (χ2n) is 6.45. The molecule has 0 aliphatic heterocycles. The van der Waals surface area contributed by atoms with Gasteiger partial charge in [0.2, 0.25) is 5.91 Å². The molecule has 0 bridgehead atoms.